The van der Waals surface area contributed by atoms with Gasteiger partial charge in [0, 0.05) is 19.3 Å². The Morgan fingerprint density at radius 3 is 3.04 bits per heavy atom. The van der Waals surface area contributed by atoms with E-state index < -0.39 is 0 Å². The van der Waals surface area contributed by atoms with Gasteiger partial charge in [-0.1, -0.05) is 6.07 Å². The first-order valence-electron chi connectivity index (χ1n) is 7.86. The Labute approximate surface area is 139 Å². The van der Waals surface area contributed by atoms with Crippen molar-refractivity contribution < 1.29 is 0 Å². The molecule has 0 bridgehead atoms. The molecule has 0 aliphatic carbocycles. The van der Waals surface area contributed by atoms with Gasteiger partial charge in [-0.15, -0.1) is 11.3 Å². The second kappa shape index (κ2) is 5.77. The lowest BCUT2D eigenvalue weighted by Crippen LogP contribution is -2.22. The Kier molecular flexibility index (Phi) is 3.61. The summed E-state index contributed by atoms with van der Waals surface area (Å²) in [6.45, 7) is 4.05. The zero-order chi connectivity index (χ0) is 15.8. The van der Waals surface area contributed by atoms with E-state index in [0.717, 1.165) is 36.7 Å². The molecule has 118 valence electrons. The first kappa shape index (κ1) is 14.4. The van der Waals surface area contributed by atoms with Crippen LogP contribution in [0.4, 0.5) is 11.6 Å². The number of rotatable bonds is 3. The van der Waals surface area contributed by atoms with Crippen LogP contribution in [0.1, 0.15) is 17.8 Å². The predicted molar refractivity (Wildman–Crippen MR) is 94.8 cm³/mol. The van der Waals surface area contributed by atoms with Crippen LogP contribution in [0.2, 0.25) is 0 Å². The Morgan fingerprint density at radius 2 is 2.22 bits per heavy atom. The van der Waals surface area contributed by atoms with E-state index >= 15 is 0 Å². The van der Waals surface area contributed by atoms with Crippen molar-refractivity contribution in [3.8, 4) is 0 Å². The van der Waals surface area contributed by atoms with Crippen molar-refractivity contribution in [3.05, 3.63) is 41.2 Å². The number of nitrogens with zero attached hydrogens (tertiary/aromatic N) is 4. The van der Waals surface area contributed by atoms with Gasteiger partial charge < -0.3 is 10.6 Å². The molecule has 0 saturated carbocycles. The summed E-state index contributed by atoms with van der Waals surface area (Å²) >= 11 is 1.73. The molecule has 0 amide bonds. The van der Waals surface area contributed by atoms with Gasteiger partial charge in [0.2, 0.25) is 0 Å². The molecule has 5 nitrogen and oxygen atoms in total. The van der Waals surface area contributed by atoms with E-state index in [-0.39, 0.29) is 0 Å². The summed E-state index contributed by atoms with van der Waals surface area (Å²) in [6.07, 6.45) is 4.12. The number of hydrogen-bond acceptors (Lipinski definition) is 6. The van der Waals surface area contributed by atoms with Gasteiger partial charge in [0.25, 0.3) is 0 Å². The van der Waals surface area contributed by atoms with Crippen LogP contribution >= 0.6 is 11.3 Å². The molecule has 1 unspecified atom stereocenters. The summed E-state index contributed by atoms with van der Waals surface area (Å²) < 4.78 is 1.20. The molecule has 3 aromatic heterocycles. The zero-order valence-electron chi connectivity index (χ0n) is 13.1. The van der Waals surface area contributed by atoms with Gasteiger partial charge in [0.15, 0.2) is 0 Å². The summed E-state index contributed by atoms with van der Waals surface area (Å²) in [4.78, 5) is 15.8. The van der Waals surface area contributed by atoms with Crippen LogP contribution in [0.3, 0.4) is 0 Å². The Hall–Kier alpha value is -2.21. The number of thiophene rings is 1. The van der Waals surface area contributed by atoms with Crippen LogP contribution in [0.25, 0.3) is 10.2 Å². The molecule has 1 fully saturated rings. The monoisotopic (exact) mass is 325 g/mol. The number of nitrogen functional groups attached to an aromatic ring is 1. The fourth-order valence-electron chi connectivity index (χ4n) is 3.26. The second-order valence-corrected chi connectivity index (χ2v) is 7.04. The molecule has 0 spiro atoms. The minimum atomic E-state index is 0.582. The second-order valence-electron chi connectivity index (χ2n) is 6.13. The lowest BCUT2D eigenvalue weighted by atomic mass is 10.00. The van der Waals surface area contributed by atoms with Gasteiger partial charge in [-0.3, -0.25) is 0 Å². The summed E-state index contributed by atoms with van der Waals surface area (Å²) in [5, 5.41) is 2.09. The SMILES string of the molecule is Cc1nc(N2CCC(Cc3ccc(N)nc3)C2)c2sccc2n1. The highest BCUT2D eigenvalue weighted by molar-refractivity contribution is 7.17. The molecular formula is C17H19N5S. The molecule has 1 aliphatic heterocycles. The van der Waals surface area contributed by atoms with Crippen molar-refractivity contribution in [3.63, 3.8) is 0 Å². The lowest BCUT2D eigenvalue weighted by molar-refractivity contribution is 0.585. The number of pyridine rings is 1. The summed E-state index contributed by atoms with van der Waals surface area (Å²) in [7, 11) is 0. The minimum Gasteiger partial charge on any atom is -0.384 e. The molecule has 4 heterocycles. The van der Waals surface area contributed by atoms with E-state index in [9.17, 15) is 0 Å². The highest BCUT2D eigenvalue weighted by Crippen LogP contribution is 2.32. The average molecular weight is 325 g/mol. The van der Waals surface area contributed by atoms with Gasteiger partial charge in [-0.05, 0) is 48.8 Å². The van der Waals surface area contributed by atoms with Crippen molar-refractivity contribution in [2.75, 3.05) is 23.7 Å². The summed E-state index contributed by atoms with van der Waals surface area (Å²) in [5.41, 5.74) is 7.97. The van der Waals surface area contributed by atoms with Crippen LogP contribution in [0, 0.1) is 12.8 Å². The first-order valence-corrected chi connectivity index (χ1v) is 8.74. The van der Waals surface area contributed by atoms with Gasteiger partial charge in [-0.25, -0.2) is 15.0 Å². The first-order chi connectivity index (χ1) is 11.2. The molecule has 3 aromatic rings. The van der Waals surface area contributed by atoms with E-state index in [1.54, 1.807) is 11.3 Å². The third-order valence-corrected chi connectivity index (χ3v) is 5.25. The third kappa shape index (κ3) is 2.86. The fraction of sp³-hybridized carbons (Fsp3) is 0.353. The maximum Gasteiger partial charge on any atom is 0.150 e. The molecule has 23 heavy (non-hydrogen) atoms. The van der Waals surface area contributed by atoms with E-state index in [1.807, 2.05) is 19.2 Å². The van der Waals surface area contributed by atoms with Crippen molar-refractivity contribution >= 4 is 33.2 Å². The Balaban J connectivity index is 1.53. The Morgan fingerprint density at radius 1 is 1.30 bits per heavy atom. The van der Waals surface area contributed by atoms with Crippen molar-refractivity contribution in [1.82, 2.24) is 15.0 Å². The van der Waals surface area contributed by atoms with E-state index in [4.69, 9.17) is 10.7 Å². The molecule has 0 aromatic carbocycles. The number of aromatic nitrogens is 3. The molecule has 6 heteroatoms. The Bertz CT molecular complexity index is 827. The minimum absolute atomic E-state index is 0.582. The number of hydrogen-bond donors (Lipinski definition) is 1. The molecule has 2 N–H and O–H groups in total. The largest absolute Gasteiger partial charge is 0.384 e. The smallest absolute Gasteiger partial charge is 0.150 e. The van der Waals surface area contributed by atoms with E-state index in [2.05, 4.69) is 32.4 Å². The molecule has 4 rings (SSSR count). The number of fused-ring (bicyclic) bond motifs is 1. The quantitative estimate of drug-likeness (QED) is 0.801. The van der Waals surface area contributed by atoms with Crippen LogP contribution < -0.4 is 10.6 Å². The van der Waals surface area contributed by atoms with Gasteiger partial charge >= 0.3 is 0 Å². The summed E-state index contributed by atoms with van der Waals surface area (Å²) in [6, 6.07) is 6.04. The van der Waals surface area contributed by atoms with Crippen LogP contribution in [-0.2, 0) is 6.42 Å². The fourth-order valence-corrected chi connectivity index (χ4v) is 4.10. The van der Waals surface area contributed by atoms with Crippen LogP contribution in [0.15, 0.2) is 29.8 Å². The van der Waals surface area contributed by atoms with Gasteiger partial charge in [-0.2, -0.15) is 0 Å². The number of nitrogens with two attached hydrogens (primary N) is 1. The van der Waals surface area contributed by atoms with Crippen LogP contribution in [0.5, 0.6) is 0 Å². The average Bonchev–Trinajstić information content (AvgIpc) is 3.18. The van der Waals surface area contributed by atoms with E-state index in [1.165, 1.54) is 16.7 Å². The maximum absolute atomic E-state index is 5.66. The summed E-state index contributed by atoms with van der Waals surface area (Å²) in [5.74, 6) is 3.15. The molecular weight excluding hydrogens is 306 g/mol. The standard InChI is InChI=1S/C17H19N5S/c1-11-20-14-5-7-23-16(14)17(21-11)22-6-4-13(10-22)8-12-2-3-15(18)19-9-12/h2-3,5,7,9,13H,4,6,8,10H2,1H3,(H2,18,19). The maximum atomic E-state index is 5.66. The van der Waals surface area contributed by atoms with Gasteiger partial charge in [0.1, 0.15) is 17.5 Å². The van der Waals surface area contributed by atoms with Gasteiger partial charge in [0.05, 0.1) is 10.2 Å². The number of aryl methyl sites for hydroxylation is 1. The zero-order valence-corrected chi connectivity index (χ0v) is 13.9. The predicted octanol–water partition coefficient (Wildman–Crippen LogP) is 3.05. The van der Waals surface area contributed by atoms with Crippen molar-refractivity contribution in [2.24, 2.45) is 5.92 Å². The molecule has 1 atom stereocenters. The molecule has 0 radical (unpaired) electrons. The molecule has 1 saturated heterocycles. The van der Waals surface area contributed by atoms with E-state index in [0.29, 0.717) is 11.7 Å². The lowest BCUT2D eigenvalue weighted by Gasteiger charge is -2.18. The molecule has 1 aliphatic rings. The van der Waals surface area contributed by atoms with Crippen LogP contribution in [-0.4, -0.2) is 28.0 Å². The highest BCUT2D eigenvalue weighted by atomic mass is 32.1. The van der Waals surface area contributed by atoms with Crippen molar-refractivity contribution in [1.29, 1.82) is 0 Å². The topological polar surface area (TPSA) is 67.9 Å². The highest BCUT2D eigenvalue weighted by Gasteiger charge is 2.25. The third-order valence-electron chi connectivity index (χ3n) is 4.35. The van der Waals surface area contributed by atoms with Crippen molar-refractivity contribution in [2.45, 2.75) is 19.8 Å². The number of anilines is 2. The normalized spacial score (nSPS) is 18.0.